The molecule has 1 aliphatic heterocycles. The van der Waals surface area contributed by atoms with Gasteiger partial charge in [0.2, 0.25) is 5.95 Å². The lowest BCUT2D eigenvalue weighted by molar-refractivity contribution is -0.00295. The Morgan fingerprint density at radius 1 is 1.21 bits per heavy atom. The minimum Gasteiger partial charge on any atom is -0.390 e. The van der Waals surface area contributed by atoms with Crippen LogP contribution in [0.2, 0.25) is 0 Å². The van der Waals surface area contributed by atoms with Crippen LogP contribution in [0.25, 0.3) is 16.7 Å². The monoisotopic (exact) mass is 389 g/mol. The van der Waals surface area contributed by atoms with Crippen molar-refractivity contribution in [1.82, 2.24) is 29.2 Å². The van der Waals surface area contributed by atoms with E-state index in [0.717, 1.165) is 42.0 Å². The number of nitrogens with zero attached hydrogens (tertiary/aromatic N) is 6. The number of aryl methyl sites for hydroxylation is 2. The number of anilines is 2. The summed E-state index contributed by atoms with van der Waals surface area (Å²) in [6, 6.07) is 7.96. The van der Waals surface area contributed by atoms with Crippen molar-refractivity contribution in [3.05, 3.63) is 60.2 Å². The summed E-state index contributed by atoms with van der Waals surface area (Å²) in [6.45, 7) is 4.43. The highest BCUT2D eigenvalue weighted by Crippen LogP contribution is 2.22. The summed E-state index contributed by atoms with van der Waals surface area (Å²) in [5, 5.41) is 18.1. The first-order valence-corrected chi connectivity index (χ1v) is 9.65. The molecule has 8 heteroatoms. The molecule has 0 spiro atoms. The number of aliphatic hydroxyl groups is 1. The molecule has 3 aromatic heterocycles. The molecule has 4 aromatic rings. The summed E-state index contributed by atoms with van der Waals surface area (Å²) in [5.74, 6) is 1.35. The van der Waals surface area contributed by atoms with E-state index in [1.807, 2.05) is 46.8 Å². The molecule has 0 radical (unpaired) electrons. The van der Waals surface area contributed by atoms with Gasteiger partial charge in [-0.2, -0.15) is 10.1 Å². The molecule has 1 fully saturated rings. The molecule has 0 atom stereocenters. The van der Waals surface area contributed by atoms with Gasteiger partial charge in [-0.05, 0) is 42.3 Å². The fourth-order valence-electron chi connectivity index (χ4n) is 3.73. The van der Waals surface area contributed by atoms with Gasteiger partial charge in [0.1, 0.15) is 5.82 Å². The van der Waals surface area contributed by atoms with Crippen LogP contribution in [0.5, 0.6) is 0 Å². The Kier molecular flexibility index (Phi) is 4.30. The third-order valence-electron chi connectivity index (χ3n) is 5.37. The van der Waals surface area contributed by atoms with Crippen molar-refractivity contribution in [3.63, 3.8) is 0 Å². The van der Waals surface area contributed by atoms with Crippen LogP contribution in [0, 0.1) is 6.92 Å². The van der Waals surface area contributed by atoms with E-state index in [1.54, 1.807) is 6.20 Å². The van der Waals surface area contributed by atoms with Crippen molar-refractivity contribution in [2.45, 2.75) is 19.6 Å². The van der Waals surface area contributed by atoms with Crippen molar-refractivity contribution < 1.29 is 5.11 Å². The van der Waals surface area contributed by atoms with Gasteiger partial charge in [0, 0.05) is 56.3 Å². The molecule has 1 aromatic carbocycles. The number of likely N-dealkylation sites (tertiary alicyclic amines) is 1. The molecule has 8 nitrogen and oxygen atoms in total. The minimum atomic E-state index is -0.182. The van der Waals surface area contributed by atoms with Gasteiger partial charge in [-0.3, -0.25) is 9.58 Å². The normalized spacial score (nSPS) is 15.0. The van der Waals surface area contributed by atoms with Crippen LogP contribution in [0.15, 0.2) is 49.1 Å². The van der Waals surface area contributed by atoms with Gasteiger partial charge >= 0.3 is 0 Å². The number of benzene rings is 1. The Morgan fingerprint density at radius 2 is 2.07 bits per heavy atom. The van der Waals surface area contributed by atoms with Gasteiger partial charge in [-0.15, -0.1) is 0 Å². The number of hydrogen-bond donors (Lipinski definition) is 2. The maximum atomic E-state index is 9.48. The number of β-amino-alcohol motifs (C(OH)–C–C–N with tert-alkyl or cyclic N) is 1. The van der Waals surface area contributed by atoms with E-state index in [-0.39, 0.29) is 6.10 Å². The number of hydrogen-bond acceptors (Lipinski definition) is 6. The molecule has 1 aliphatic rings. The predicted molar refractivity (Wildman–Crippen MR) is 111 cm³/mol. The Bertz CT molecular complexity index is 1170. The largest absolute Gasteiger partial charge is 0.390 e. The summed E-state index contributed by atoms with van der Waals surface area (Å²) in [4.78, 5) is 11.3. The summed E-state index contributed by atoms with van der Waals surface area (Å²) >= 11 is 0. The Morgan fingerprint density at radius 3 is 2.90 bits per heavy atom. The van der Waals surface area contributed by atoms with Crippen LogP contribution in [-0.4, -0.2) is 53.5 Å². The standard InChI is InChI=1S/C21H23N7O/c1-14-9-28(11-16(14)10-27-12-18(29)13-27)20-5-6-22-21(25-20)24-17-3-4-19-15(7-17)8-23-26(19)2/h3-9,11,18,29H,10,12-13H2,1-2H3,(H,22,24,25). The van der Waals surface area contributed by atoms with Crippen LogP contribution in [-0.2, 0) is 13.6 Å². The molecule has 29 heavy (non-hydrogen) atoms. The number of aliphatic hydroxyl groups excluding tert-OH is 1. The van der Waals surface area contributed by atoms with Gasteiger partial charge in [-0.25, -0.2) is 4.98 Å². The highest BCUT2D eigenvalue weighted by atomic mass is 16.3. The summed E-state index contributed by atoms with van der Waals surface area (Å²) < 4.78 is 3.88. The number of aromatic nitrogens is 5. The second-order valence-electron chi connectivity index (χ2n) is 7.63. The number of rotatable bonds is 5. The van der Waals surface area contributed by atoms with Gasteiger partial charge in [-0.1, -0.05) is 0 Å². The molecule has 1 saturated heterocycles. The third kappa shape index (κ3) is 3.48. The summed E-state index contributed by atoms with van der Waals surface area (Å²) in [5.41, 5.74) is 4.45. The van der Waals surface area contributed by atoms with E-state index in [1.165, 1.54) is 11.1 Å². The van der Waals surface area contributed by atoms with E-state index in [2.05, 4.69) is 44.6 Å². The first-order valence-electron chi connectivity index (χ1n) is 9.65. The lowest BCUT2D eigenvalue weighted by Gasteiger charge is -2.35. The fourth-order valence-corrected chi connectivity index (χ4v) is 3.73. The Labute approximate surface area is 168 Å². The average molecular weight is 389 g/mol. The van der Waals surface area contributed by atoms with Crippen molar-refractivity contribution in [2.24, 2.45) is 7.05 Å². The summed E-state index contributed by atoms with van der Waals surface area (Å²) in [6.07, 6.45) is 7.61. The fraction of sp³-hybridized carbons (Fsp3) is 0.286. The molecule has 2 N–H and O–H groups in total. The molecule has 0 unspecified atom stereocenters. The molecule has 148 valence electrons. The molecule has 0 saturated carbocycles. The lowest BCUT2D eigenvalue weighted by Crippen LogP contribution is -2.49. The van der Waals surface area contributed by atoms with Gasteiger partial charge in [0.05, 0.1) is 17.8 Å². The Hall–Kier alpha value is -3.23. The molecule has 0 aliphatic carbocycles. The molecule has 0 bridgehead atoms. The molecule has 0 amide bonds. The van der Waals surface area contributed by atoms with Crippen LogP contribution >= 0.6 is 0 Å². The predicted octanol–water partition coefficient (Wildman–Crippen LogP) is 2.38. The maximum Gasteiger partial charge on any atom is 0.229 e. The van der Waals surface area contributed by atoms with Gasteiger partial charge in [0.15, 0.2) is 0 Å². The highest BCUT2D eigenvalue weighted by Gasteiger charge is 2.24. The third-order valence-corrected chi connectivity index (χ3v) is 5.37. The maximum absolute atomic E-state index is 9.48. The topological polar surface area (TPSA) is 84.0 Å². The van der Waals surface area contributed by atoms with E-state index < -0.39 is 0 Å². The molecular weight excluding hydrogens is 366 g/mol. The van der Waals surface area contributed by atoms with E-state index in [4.69, 9.17) is 0 Å². The van der Waals surface area contributed by atoms with Crippen molar-refractivity contribution in [2.75, 3.05) is 18.4 Å². The van der Waals surface area contributed by atoms with E-state index >= 15 is 0 Å². The number of fused-ring (bicyclic) bond motifs is 1. The van der Waals surface area contributed by atoms with Crippen LogP contribution in [0.3, 0.4) is 0 Å². The Balaban J connectivity index is 1.36. The zero-order valence-electron chi connectivity index (χ0n) is 16.4. The van der Waals surface area contributed by atoms with Gasteiger partial charge in [0.25, 0.3) is 0 Å². The highest BCUT2D eigenvalue weighted by molar-refractivity contribution is 5.83. The SMILES string of the molecule is Cc1cn(-c2ccnc(Nc3ccc4c(cnn4C)c3)n2)cc1CN1CC(O)C1. The zero-order chi connectivity index (χ0) is 20.0. The quantitative estimate of drug-likeness (QED) is 0.545. The molecule has 4 heterocycles. The zero-order valence-corrected chi connectivity index (χ0v) is 16.4. The van der Waals surface area contributed by atoms with Crippen LogP contribution in [0.1, 0.15) is 11.1 Å². The van der Waals surface area contributed by atoms with Crippen LogP contribution in [0.4, 0.5) is 11.6 Å². The lowest BCUT2D eigenvalue weighted by atomic mass is 10.1. The summed E-state index contributed by atoms with van der Waals surface area (Å²) in [7, 11) is 1.93. The van der Waals surface area contributed by atoms with Crippen molar-refractivity contribution >= 4 is 22.5 Å². The average Bonchev–Trinajstić information content (AvgIpc) is 3.24. The first-order chi connectivity index (χ1) is 14.0. The van der Waals surface area contributed by atoms with Gasteiger partial charge < -0.3 is 15.0 Å². The second-order valence-corrected chi connectivity index (χ2v) is 7.63. The minimum absolute atomic E-state index is 0.182. The number of nitrogens with one attached hydrogen (secondary N) is 1. The first kappa shape index (κ1) is 17.8. The smallest absolute Gasteiger partial charge is 0.229 e. The van der Waals surface area contributed by atoms with E-state index in [0.29, 0.717) is 5.95 Å². The van der Waals surface area contributed by atoms with Crippen LogP contribution < -0.4 is 5.32 Å². The second kappa shape index (κ2) is 6.98. The van der Waals surface area contributed by atoms with Crippen molar-refractivity contribution in [3.8, 4) is 5.82 Å². The van der Waals surface area contributed by atoms with Crippen molar-refractivity contribution in [1.29, 1.82) is 0 Å². The van der Waals surface area contributed by atoms with E-state index in [9.17, 15) is 5.11 Å². The molecule has 5 rings (SSSR count). The molecular formula is C21H23N7O.